The van der Waals surface area contributed by atoms with Crippen molar-refractivity contribution in [3.05, 3.63) is 24.0 Å². The smallest absolute Gasteiger partial charge is 0.240 e. The van der Waals surface area contributed by atoms with Crippen molar-refractivity contribution < 1.29 is 17.5 Å². The Morgan fingerprint density at radius 3 is 2.86 bits per heavy atom. The first-order valence-electron chi connectivity index (χ1n) is 6.57. The van der Waals surface area contributed by atoms with Gasteiger partial charge >= 0.3 is 0 Å². The highest BCUT2D eigenvalue weighted by molar-refractivity contribution is 7.89. The number of rotatable bonds is 6. The number of sulfonamides is 1. The predicted octanol–water partition coefficient (Wildman–Crippen LogP) is 1.53. The minimum atomic E-state index is -3.62. The van der Waals surface area contributed by atoms with E-state index in [4.69, 9.17) is 4.74 Å². The highest BCUT2D eigenvalue weighted by Gasteiger charge is 2.18. The maximum atomic E-state index is 13.3. The fraction of sp³-hybridized carbons (Fsp3) is 0.538. The van der Waals surface area contributed by atoms with Crippen LogP contribution in [0.15, 0.2) is 23.1 Å². The molecule has 1 saturated heterocycles. The van der Waals surface area contributed by atoms with E-state index in [0.717, 1.165) is 32.0 Å². The summed E-state index contributed by atoms with van der Waals surface area (Å²) in [6.45, 7) is 2.31. The maximum absolute atomic E-state index is 13.3. The molecule has 0 saturated carbocycles. The summed E-state index contributed by atoms with van der Waals surface area (Å²) in [5, 5.41) is 3.24. The third-order valence-electron chi connectivity index (χ3n) is 3.44. The lowest BCUT2D eigenvalue weighted by molar-refractivity contribution is 0.385. The Bertz CT molecular complexity index is 563. The zero-order valence-corrected chi connectivity index (χ0v) is 13.4. The van der Waals surface area contributed by atoms with E-state index >= 15 is 0 Å². The first-order chi connectivity index (χ1) is 9.53. The molecule has 120 valence electrons. The van der Waals surface area contributed by atoms with Gasteiger partial charge in [0.1, 0.15) is 0 Å². The van der Waals surface area contributed by atoms with E-state index < -0.39 is 15.8 Å². The number of nitrogens with one attached hydrogen (secondary N) is 2. The third-order valence-corrected chi connectivity index (χ3v) is 4.90. The van der Waals surface area contributed by atoms with Crippen LogP contribution in [0.1, 0.15) is 12.8 Å². The van der Waals surface area contributed by atoms with Gasteiger partial charge in [-0.3, -0.25) is 0 Å². The number of benzene rings is 1. The second-order valence-electron chi connectivity index (χ2n) is 4.84. The summed E-state index contributed by atoms with van der Waals surface area (Å²) in [6, 6.07) is 3.51. The van der Waals surface area contributed by atoms with Crippen molar-refractivity contribution in [3.63, 3.8) is 0 Å². The fourth-order valence-electron chi connectivity index (χ4n) is 2.25. The molecule has 1 aliphatic rings. The van der Waals surface area contributed by atoms with Gasteiger partial charge in [-0.2, -0.15) is 0 Å². The van der Waals surface area contributed by atoms with E-state index in [-0.39, 0.29) is 23.1 Å². The average molecular weight is 339 g/mol. The molecule has 0 aliphatic carbocycles. The number of hydrogen-bond acceptors (Lipinski definition) is 4. The van der Waals surface area contributed by atoms with Gasteiger partial charge in [-0.05, 0) is 44.0 Å². The normalized spacial score (nSPS) is 18.3. The van der Waals surface area contributed by atoms with Crippen molar-refractivity contribution in [1.82, 2.24) is 10.0 Å². The van der Waals surface area contributed by atoms with Crippen molar-refractivity contribution in [3.8, 4) is 5.75 Å². The molecule has 1 aliphatic heterocycles. The molecule has 0 amide bonds. The second kappa shape index (κ2) is 7.93. The molecule has 21 heavy (non-hydrogen) atoms. The second-order valence-corrected chi connectivity index (χ2v) is 6.61. The highest BCUT2D eigenvalue weighted by Crippen LogP contribution is 2.21. The van der Waals surface area contributed by atoms with Gasteiger partial charge in [-0.15, -0.1) is 12.4 Å². The molecule has 0 aromatic heterocycles. The zero-order valence-electron chi connectivity index (χ0n) is 11.8. The Labute approximate surface area is 130 Å². The van der Waals surface area contributed by atoms with Crippen molar-refractivity contribution in [2.24, 2.45) is 5.92 Å². The van der Waals surface area contributed by atoms with Gasteiger partial charge in [0.25, 0.3) is 0 Å². The van der Waals surface area contributed by atoms with Crippen molar-refractivity contribution >= 4 is 22.4 Å². The van der Waals surface area contributed by atoms with Gasteiger partial charge in [-0.25, -0.2) is 17.5 Å². The molecular weight excluding hydrogens is 319 g/mol. The predicted molar refractivity (Wildman–Crippen MR) is 81.0 cm³/mol. The molecule has 1 aromatic carbocycles. The van der Waals surface area contributed by atoms with Gasteiger partial charge < -0.3 is 10.1 Å². The largest absolute Gasteiger partial charge is 0.494 e. The van der Waals surface area contributed by atoms with Crippen LogP contribution in [0.4, 0.5) is 4.39 Å². The van der Waals surface area contributed by atoms with Crippen LogP contribution >= 0.6 is 12.4 Å². The number of halogens is 2. The summed E-state index contributed by atoms with van der Waals surface area (Å²) < 4.78 is 44.8. The topological polar surface area (TPSA) is 67.4 Å². The molecule has 1 unspecified atom stereocenters. The lowest BCUT2D eigenvalue weighted by Crippen LogP contribution is -2.26. The molecule has 2 rings (SSSR count). The third kappa shape index (κ3) is 4.81. The summed E-state index contributed by atoms with van der Waals surface area (Å²) >= 11 is 0. The summed E-state index contributed by atoms with van der Waals surface area (Å²) in [6.07, 6.45) is 1.87. The van der Waals surface area contributed by atoms with Crippen LogP contribution in [0.3, 0.4) is 0 Å². The van der Waals surface area contributed by atoms with Gasteiger partial charge in [0.15, 0.2) is 11.6 Å². The molecule has 8 heteroatoms. The standard InChI is InChI=1S/C13H19FN2O3S.ClH/c1-19-13-8-11(2-3-12(13)14)20(17,18)16-7-5-10-4-6-15-9-10;/h2-3,8,10,15-16H,4-7,9H2,1H3;1H. The van der Waals surface area contributed by atoms with Crippen LogP contribution in [-0.4, -0.2) is 35.2 Å². The molecule has 1 atom stereocenters. The first kappa shape index (κ1) is 18.2. The Hall–Kier alpha value is -0.890. The summed E-state index contributed by atoms with van der Waals surface area (Å²) in [5.74, 6) is -0.142. The number of hydrogen-bond donors (Lipinski definition) is 2. The molecule has 5 nitrogen and oxygen atoms in total. The Balaban J connectivity index is 0.00000220. The monoisotopic (exact) mass is 338 g/mol. The fourth-order valence-corrected chi connectivity index (χ4v) is 3.31. The highest BCUT2D eigenvalue weighted by atomic mass is 35.5. The minimum absolute atomic E-state index is 0. The maximum Gasteiger partial charge on any atom is 0.240 e. The summed E-state index contributed by atoms with van der Waals surface area (Å²) in [5.41, 5.74) is 0. The van der Waals surface area contributed by atoms with Gasteiger partial charge in [0, 0.05) is 12.6 Å². The SMILES string of the molecule is COc1cc(S(=O)(=O)NCCC2CCNC2)ccc1F.Cl. The van der Waals surface area contributed by atoms with Gasteiger partial charge in [0.05, 0.1) is 12.0 Å². The molecule has 1 aromatic rings. The molecule has 0 bridgehead atoms. The minimum Gasteiger partial charge on any atom is -0.494 e. The molecule has 1 heterocycles. The quantitative estimate of drug-likeness (QED) is 0.825. The van der Waals surface area contributed by atoms with Crippen LogP contribution in [0.25, 0.3) is 0 Å². The van der Waals surface area contributed by atoms with Crippen LogP contribution in [-0.2, 0) is 10.0 Å². The molecule has 1 fully saturated rings. The molecule has 0 spiro atoms. The number of ether oxygens (including phenoxy) is 1. The van der Waals surface area contributed by atoms with Crippen LogP contribution < -0.4 is 14.8 Å². The first-order valence-corrected chi connectivity index (χ1v) is 8.05. The van der Waals surface area contributed by atoms with Crippen molar-refractivity contribution in [2.75, 3.05) is 26.7 Å². The summed E-state index contributed by atoms with van der Waals surface area (Å²) in [7, 11) is -2.32. The van der Waals surface area contributed by atoms with Gasteiger partial charge in [-0.1, -0.05) is 0 Å². The van der Waals surface area contributed by atoms with Crippen molar-refractivity contribution in [1.29, 1.82) is 0 Å². The van der Waals surface area contributed by atoms with E-state index in [1.54, 1.807) is 0 Å². The zero-order chi connectivity index (χ0) is 14.6. The van der Waals surface area contributed by atoms with Crippen molar-refractivity contribution in [2.45, 2.75) is 17.7 Å². The Morgan fingerprint density at radius 2 is 2.24 bits per heavy atom. The molecule has 2 N–H and O–H groups in total. The molecular formula is C13H20ClFN2O3S. The van der Waals surface area contributed by atoms with E-state index in [1.165, 1.54) is 19.2 Å². The van der Waals surface area contributed by atoms with E-state index in [0.29, 0.717) is 12.5 Å². The van der Waals surface area contributed by atoms with Crippen LogP contribution in [0.5, 0.6) is 5.75 Å². The van der Waals surface area contributed by atoms with Gasteiger partial charge in [0.2, 0.25) is 10.0 Å². The van der Waals surface area contributed by atoms with Crippen LogP contribution in [0, 0.1) is 11.7 Å². The summed E-state index contributed by atoms with van der Waals surface area (Å²) in [4.78, 5) is 0.0142. The number of methoxy groups -OCH3 is 1. The van der Waals surface area contributed by atoms with E-state index in [1.807, 2.05) is 0 Å². The van der Waals surface area contributed by atoms with E-state index in [2.05, 4.69) is 10.0 Å². The molecule has 0 radical (unpaired) electrons. The average Bonchev–Trinajstić information content (AvgIpc) is 2.92. The Morgan fingerprint density at radius 1 is 1.48 bits per heavy atom. The lowest BCUT2D eigenvalue weighted by atomic mass is 10.1. The van der Waals surface area contributed by atoms with E-state index in [9.17, 15) is 12.8 Å². The van der Waals surface area contributed by atoms with Crippen LogP contribution in [0.2, 0.25) is 0 Å². The lowest BCUT2D eigenvalue weighted by Gasteiger charge is -2.11. The Kier molecular flexibility index (Phi) is 6.86.